The van der Waals surface area contributed by atoms with Gasteiger partial charge in [-0.25, -0.2) is 4.98 Å². The Balaban J connectivity index is 1.57. The monoisotopic (exact) mass is 418 g/mol. The molecule has 0 atom stereocenters. The Bertz CT molecular complexity index is 1130. The third kappa shape index (κ3) is 3.84. The standard InChI is InChI=1S/C23H22N4O2S/c1-15-20(13-16-5-9-18(10-6-16)26(2)3)22(28)27(25-15)23-24-21(14-30-23)17-7-11-19(29-4)12-8-17/h5-14H,1-4H3/b20-13-. The normalized spacial score (nSPS) is 14.9. The van der Waals surface area contributed by atoms with Crippen molar-refractivity contribution in [2.24, 2.45) is 5.10 Å². The molecule has 0 unspecified atom stereocenters. The molecule has 0 N–H and O–H groups in total. The van der Waals surface area contributed by atoms with Crippen LogP contribution in [-0.2, 0) is 4.79 Å². The van der Waals surface area contributed by atoms with Crippen LogP contribution in [0.1, 0.15) is 12.5 Å². The first-order valence-electron chi connectivity index (χ1n) is 9.45. The van der Waals surface area contributed by atoms with Crippen molar-refractivity contribution in [2.45, 2.75) is 6.92 Å². The quantitative estimate of drug-likeness (QED) is 0.564. The summed E-state index contributed by atoms with van der Waals surface area (Å²) in [6, 6.07) is 15.7. The molecule has 1 aromatic heterocycles. The van der Waals surface area contributed by atoms with Gasteiger partial charge in [-0.15, -0.1) is 11.3 Å². The second kappa shape index (κ2) is 8.12. The van der Waals surface area contributed by atoms with E-state index < -0.39 is 0 Å². The van der Waals surface area contributed by atoms with Crippen LogP contribution in [0.2, 0.25) is 0 Å². The zero-order valence-corrected chi connectivity index (χ0v) is 18.1. The van der Waals surface area contributed by atoms with E-state index in [1.807, 2.05) is 85.9 Å². The topological polar surface area (TPSA) is 58.0 Å². The minimum atomic E-state index is -0.167. The van der Waals surface area contributed by atoms with Gasteiger partial charge >= 0.3 is 0 Å². The molecule has 1 amide bonds. The van der Waals surface area contributed by atoms with Crippen LogP contribution in [0.15, 0.2) is 64.6 Å². The molecule has 2 heterocycles. The molecule has 4 rings (SSSR count). The highest BCUT2D eigenvalue weighted by atomic mass is 32.1. The third-order valence-electron chi connectivity index (χ3n) is 4.84. The van der Waals surface area contributed by atoms with Crippen molar-refractivity contribution in [3.63, 3.8) is 0 Å². The predicted molar refractivity (Wildman–Crippen MR) is 123 cm³/mol. The van der Waals surface area contributed by atoms with Crippen LogP contribution in [0.25, 0.3) is 17.3 Å². The van der Waals surface area contributed by atoms with E-state index in [2.05, 4.69) is 10.1 Å². The Morgan fingerprint density at radius 3 is 2.40 bits per heavy atom. The number of benzene rings is 2. The Morgan fingerprint density at radius 2 is 1.77 bits per heavy atom. The van der Waals surface area contributed by atoms with Gasteiger partial charge in [-0.3, -0.25) is 4.79 Å². The maximum Gasteiger partial charge on any atom is 0.282 e. The molecule has 2 aromatic carbocycles. The van der Waals surface area contributed by atoms with Crippen LogP contribution in [0.4, 0.5) is 10.8 Å². The molecule has 0 saturated carbocycles. The third-order valence-corrected chi connectivity index (χ3v) is 5.66. The molecule has 0 saturated heterocycles. The van der Waals surface area contributed by atoms with E-state index in [-0.39, 0.29) is 5.91 Å². The SMILES string of the molecule is COc1ccc(-c2csc(N3N=C(C)/C(=C/c4ccc(N(C)C)cc4)C3=O)n2)cc1. The van der Waals surface area contributed by atoms with E-state index in [1.54, 1.807) is 7.11 Å². The van der Waals surface area contributed by atoms with Crippen molar-refractivity contribution >= 4 is 39.9 Å². The van der Waals surface area contributed by atoms with Gasteiger partial charge in [-0.2, -0.15) is 10.1 Å². The summed E-state index contributed by atoms with van der Waals surface area (Å²) in [6.07, 6.45) is 1.87. The van der Waals surface area contributed by atoms with Crippen LogP contribution in [-0.4, -0.2) is 37.8 Å². The number of carbonyl (C=O) groups excluding carboxylic acids is 1. The minimum Gasteiger partial charge on any atom is -0.497 e. The summed E-state index contributed by atoms with van der Waals surface area (Å²) in [5, 5.41) is 8.31. The number of ether oxygens (including phenoxy) is 1. The lowest BCUT2D eigenvalue weighted by molar-refractivity contribution is -0.114. The zero-order chi connectivity index (χ0) is 21.3. The number of methoxy groups -OCH3 is 1. The smallest absolute Gasteiger partial charge is 0.282 e. The number of rotatable bonds is 5. The Labute approximate surface area is 179 Å². The van der Waals surface area contributed by atoms with E-state index in [4.69, 9.17) is 4.74 Å². The van der Waals surface area contributed by atoms with Gasteiger partial charge < -0.3 is 9.64 Å². The Kier molecular flexibility index (Phi) is 5.37. The van der Waals surface area contributed by atoms with Crippen molar-refractivity contribution in [1.82, 2.24) is 4.98 Å². The first-order chi connectivity index (χ1) is 14.5. The van der Waals surface area contributed by atoms with Gasteiger partial charge in [0.25, 0.3) is 5.91 Å². The van der Waals surface area contributed by atoms with Crippen LogP contribution in [0, 0.1) is 0 Å². The first-order valence-corrected chi connectivity index (χ1v) is 10.3. The van der Waals surface area contributed by atoms with Gasteiger partial charge in [0, 0.05) is 30.7 Å². The van der Waals surface area contributed by atoms with Crippen molar-refractivity contribution < 1.29 is 9.53 Å². The second-order valence-corrected chi connectivity index (χ2v) is 7.93. The fourth-order valence-electron chi connectivity index (χ4n) is 3.11. The van der Waals surface area contributed by atoms with E-state index in [9.17, 15) is 4.79 Å². The van der Waals surface area contributed by atoms with Crippen LogP contribution in [0.5, 0.6) is 5.75 Å². The molecule has 7 heteroatoms. The number of thiazole rings is 1. The lowest BCUT2D eigenvalue weighted by Gasteiger charge is -2.12. The highest BCUT2D eigenvalue weighted by Gasteiger charge is 2.30. The molecular weight excluding hydrogens is 396 g/mol. The average Bonchev–Trinajstić information content (AvgIpc) is 3.35. The van der Waals surface area contributed by atoms with Crippen molar-refractivity contribution in [1.29, 1.82) is 0 Å². The number of anilines is 2. The fraction of sp³-hybridized carbons (Fsp3) is 0.174. The molecule has 0 fully saturated rings. The molecule has 0 bridgehead atoms. The molecule has 1 aliphatic rings. The number of hydrogen-bond acceptors (Lipinski definition) is 6. The molecule has 1 aliphatic heterocycles. The van der Waals surface area contributed by atoms with Gasteiger partial charge in [-0.1, -0.05) is 12.1 Å². The van der Waals surface area contributed by atoms with Gasteiger partial charge in [0.15, 0.2) is 0 Å². The lowest BCUT2D eigenvalue weighted by Crippen LogP contribution is -2.21. The number of hydrogen-bond donors (Lipinski definition) is 0. The van der Waals surface area contributed by atoms with Crippen molar-refractivity contribution in [3.8, 4) is 17.0 Å². The minimum absolute atomic E-state index is 0.167. The van der Waals surface area contributed by atoms with E-state index >= 15 is 0 Å². The van der Waals surface area contributed by atoms with Crippen molar-refractivity contribution in [2.75, 3.05) is 31.1 Å². The maximum atomic E-state index is 13.0. The van der Waals surface area contributed by atoms with Gasteiger partial charge in [0.1, 0.15) is 5.75 Å². The summed E-state index contributed by atoms with van der Waals surface area (Å²) in [7, 11) is 5.63. The van der Waals surface area contributed by atoms with Crippen LogP contribution < -0.4 is 14.6 Å². The van der Waals surface area contributed by atoms with Crippen LogP contribution >= 0.6 is 11.3 Å². The number of aromatic nitrogens is 1. The van der Waals surface area contributed by atoms with E-state index in [0.717, 1.165) is 28.3 Å². The molecule has 0 spiro atoms. The fourth-order valence-corrected chi connectivity index (χ4v) is 3.89. The molecule has 6 nitrogen and oxygen atoms in total. The number of amides is 1. The van der Waals surface area contributed by atoms with Crippen LogP contribution in [0.3, 0.4) is 0 Å². The molecule has 152 valence electrons. The Hall–Kier alpha value is -3.45. The molecule has 0 radical (unpaired) electrons. The summed E-state index contributed by atoms with van der Waals surface area (Å²) >= 11 is 1.39. The molecular formula is C23H22N4O2S. The summed E-state index contributed by atoms with van der Waals surface area (Å²) in [5.41, 5.74) is 5.08. The summed E-state index contributed by atoms with van der Waals surface area (Å²) in [4.78, 5) is 19.7. The molecule has 30 heavy (non-hydrogen) atoms. The lowest BCUT2D eigenvalue weighted by atomic mass is 10.1. The van der Waals surface area contributed by atoms with E-state index in [1.165, 1.54) is 16.3 Å². The highest BCUT2D eigenvalue weighted by molar-refractivity contribution is 7.14. The zero-order valence-electron chi connectivity index (χ0n) is 17.3. The summed E-state index contributed by atoms with van der Waals surface area (Å²) in [6.45, 7) is 1.84. The Morgan fingerprint density at radius 1 is 1.07 bits per heavy atom. The van der Waals surface area contributed by atoms with Crippen molar-refractivity contribution in [3.05, 3.63) is 65.0 Å². The summed E-state index contributed by atoms with van der Waals surface area (Å²) < 4.78 is 5.20. The highest BCUT2D eigenvalue weighted by Crippen LogP contribution is 2.32. The molecule has 0 aliphatic carbocycles. The van der Waals surface area contributed by atoms with E-state index in [0.29, 0.717) is 16.4 Å². The maximum absolute atomic E-state index is 13.0. The van der Waals surface area contributed by atoms with Gasteiger partial charge in [0.2, 0.25) is 5.13 Å². The predicted octanol–water partition coefficient (Wildman–Crippen LogP) is 4.69. The van der Waals surface area contributed by atoms with Gasteiger partial charge in [-0.05, 0) is 55.0 Å². The molecule has 3 aromatic rings. The largest absolute Gasteiger partial charge is 0.497 e. The number of nitrogens with zero attached hydrogens (tertiary/aromatic N) is 4. The number of carbonyl (C=O) groups is 1. The second-order valence-electron chi connectivity index (χ2n) is 7.09. The number of hydrazone groups is 1. The average molecular weight is 419 g/mol. The first kappa shape index (κ1) is 19.8. The summed E-state index contributed by atoms with van der Waals surface area (Å²) in [5.74, 6) is 0.623. The van der Waals surface area contributed by atoms with Gasteiger partial charge in [0.05, 0.1) is 24.1 Å².